The van der Waals surface area contributed by atoms with Crippen molar-refractivity contribution in [3.63, 3.8) is 0 Å². The summed E-state index contributed by atoms with van der Waals surface area (Å²) in [6.07, 6.45) is 2.20. The van der Waals surface area contributed by atoms with Gasteiger partial charge in [-0.2, -0.15) is 0 Å². The van der Waals surface area contributed by atoms with Crippen LogP contribution in [0, 0.1) is 5.92 Å². The summed E-state index contributed by atoms with van der Waals surface area (Å²) in [5, 5.41) is 3.46. The Morgan fingerprint density at radius 3 is 2.26 bits per heavy atom. The highest BCUT2D eigenvalue weighted by molar-refractivity contribution is 14.0. The third kappa shape index (κ3) is 7.61. The van der Waals surface area contributed by atoms with Gasteiger partial charge in [-0.3, -0.25) is 14.7 Å². The number of aliphatic imine (C=N–C) groups is 1. The number of piperidine rings is 1. The lowest BCUT2D eigenvalue weighted by molar-refractivity contribution is -0.146. The summed E-state index contributed by atoms with van der Waals surface area (Å²) >= 11 is 0. The molecule has 8 heteroatoms. The van der Waals surface area contributed by atoms with E-state index in [1.165, 1.54) is 18.2 Å². The Morgan fingerprint density at radius 2 is 1.71 bits per heavy atom. The van der Waals surface area contributed by atoms with Crippen molar-refractivity contribution in [2.24, 2.45) is 10.9 Å². The minimum absolute atomic E-state index is 0. The lowest BCUT2D eigenvalue weighted by Crippen LogP contribution is -2.46. The van der Waals surface area contributed by atoms with Crippen molar-refractivity contribution in [2.75, 3.05) is 40.3 Å². The molecule has 2 heterocycles. The molecular weight excluding hydrogens is 507 g/mol. The number of likely N-dealkylation sites (tertiary alicyclic amines) is 1. The Balaban J connectivity index is 0.00000341. The number of guanidine groups is 1. The van der Waals surface area contributed by atoms with Gasteiger partial charge >= 0.3 is 5.97 Å². The molecule has 2 fully saturated rings. The molecular formula is C23H37IN4O3. The number of esters is 1. The van der Waals surface area contributed by atoms with Crippen LogP contribution in [0.15, 0.2) is 29.3 Å². The van der Waals surface area contributed by atoms with E-state index in [2.05, 4.69) is 58.2 Å². The van der Waals surface area contributed by atoms with E-state index in [-0.39, 0.29) is 35.9 Å². The van der Waals surface area contributed by atoms with Gasteiger partial charge < -0.3 is 19.7 Å². The molecule has 1 aromatic rings. The number of carbonyl (C=O) groups excluding carboxylic acids is 1. The number of ether oxygens (including phenoxy) is 2. The number of halogens is 1. The van der Waals surface area contributed by atoms with Gasteiger partial charge in [-0.1, -0.05) is 24.3 Å². The van der Waals surface area contributed by atoms with Crippen molar-refractivity contribution < 1.29 is 14.3 Å². The van der Waals surface area contributed by atoms with Crippen LogP contribution in [0.2, 0.25) is 0 Å². The van der Waals surface area contributed by atoms with Gasteiger partial charge in [0.25, 0.3) is 0 Å². The number of hydrogen-bond acceptors (Lipinski definition) is 5. The van der Waals surface area contributed by atoms with Crippen LogP contribution in [-0.4, -0.2) is 74.3 Å². The molecule has 174 valence electrons. The molecule has 7 nitrogen and oxygen atoms in total. The monoisotopic (exact) mass is 544 g/mol. The first-order valence-electron chi connectivity index (χ1n) is 11.0. The molecule has 0 amide bonds. The van der Waals surface area contributed by atoms with Crippen LogP contribution >= 0.6 is 24.0 Å². The van der Waals surface area contributed by atoms with Crippen LogP contribution in [-0.2, 0) is 27.4 Å². The van der Waals surface area contributed by atoms with Crippen molar-refractivity contribution >= 4 is 35.9 Å². The van der Waals surface area contributed by atoms with Crippen LogP contribution in [0.3, 0.4) is 0 Å². The van der Waals surface area contributed by atoms with Crippen LogP contribution in [0.5, 0.6) is 0 Å². The van der Waals surface area contributed by atoms with Crippen molar-refractivity contribution in [2.45, 2.75) is 52.0 Å². The number of carbonyl (C=O) groups is 1. The molecule has 2 unspecified atom stereocenters. The average Bonchev–Trinajstić information content (AvgIpc) is 2.74. The van der Waals surface area contributed by atoms with E-state index in [0.717, 1.165) is 58.1 Å². The minimum atomic E-state index is -0.0984. The Labute approximate surface area is 203 Å². The normalized spacial score (nSPS) is 23.2. The van der Waals surface area contributed by atoms with Gasteiger partial charge in [0.2, 0.25) is 0 Å². The maximum atomic E-state index is 11.7. The third-order valence-corrected chi connectivity index (χ3v) is 5.92. The summed E-state index contributed by atoms with van der Waals surface area (Å²) in [6, 6.07) is 8.80. The predicted molar refractivity (Wildman–Crippen MR) is 134 cm³/mol. The zero-order valence-electron chi connectivity index (χ0n) is 19.2. The lowest BCUT2D eigenvalue weighted by Gasteiger charge is -2.35. The van der Waals surface area contributed by atoms with E-state index in [1.54, 1.807) is 0 Å². The second-order valence-electron chi connectivity index (χ2n) is 8.45. The van der Waals surface area contributed by atoms with Gasteiger partial charge in [0, 0.05) is 46.3 Å². The molecule has 1 aromatic carbocycles. The SMILES string of the molecule is CN=C(NCc1ccc(CN2CC(C)OC(C)C2)cc1)N1CCC(C(=O)OC)CC1.I. The summed E-state index contributed by atoms with van der Waals surface area (Å²) in [5.74, 6) is 0.798. The quantitative estimate of drug-likeness (QED) is 0.266. The standard InChI is InChI=1S/C23H36N4O3.HI/c1-17-14-26(15-18(2)30-17)16-20-7-5-19(6-8-20)13-25-23(24-3)27-11-9-21(10-12-27)22(28)29-4;/h5-8,17-18,21H,9-16H2,1-4H3,(H,24,25);1H. The van der Waals surface area contributed by atoms with Crippen LogP contribution < -0.4 is 5.32 Å². The van der Waals surface area contributed by atoms with Gasteiger partial charge in [0.05, 0.1) is 25.2 Å². The first-order valence-corrected chi connectivity index (χ1v) is 11.0. The zero-order valence-corrected chi connectivity index (χ0v) is 21.5. The second-order valence-corrected chi connectivity index (χ2v) is 8.45. The molecule has 2 aliphatic heterocycles. The summed E-state index contributed by atoms with van der Waals surface area (Å²) < 4.78 is 10.7. The van der Waals surface area contributed by atoms with Gasteiger partial charge in [-0.05, 0) is 37.8 Å². The van der Waals surface area contributed by atoms with Gasteiger partial charge in [-0.25, -0.2) is 0 Å². The number of methoxy groups -OCH3 is 1. The Bertz CT molecular complexity index is 710. The highest BCUT2D eigenvalue weighted by Gasteiger charge is 2.27. The molecule has 2 atom stereocenters. The molecule has 0 saturated carbocycles. The first-order chi connectivity index (χ1) is 14.5. The lowest BCUT2D eigenvalue weighted by atomic mass is 9.97. The largest absolute Gasteiger partial charge is 0.469 e. The Hall–Kier alpha value is -1.39. The topological polar surface area (TPSA) is 66.4 Å². The molecule has 2 saturated heterocycles. The Kier molecular flexibility index (Phi) is 10.5. The second kappa shape index (κ2) is 12.6. The van der Waals surface area contributed by atoms with Gasteiger partial charge in [-0.15, -0.1) is 24.0 Å². The van der Waals surface area contributed by atoms with Crippen LogP contribution in [0.25, 0.3) is 0 Å². The maximum Gasteiger partial charge on any atom is 0.308 e. The molecule has 0 aliphatic carbocycles. The number of hydrogen-bond donors (Lipinski definition) is 1. The molecule has 0 radical (unpaired) electrons. The molecule has 2 aliphatic rings. The molecule has 3 rings (SSSR count). The summed E-state index contributed by atoms with van der Waals surface area (Å²) in [6.45, 7) is 9.57. The van der Waals surface area contributed by atoms with Crippen molar-refractivity contribution in [1.29, 1.82) is 0 Å². The van der Waals surface area contributed by atoms with Gasteiger partial charge in [0.1, 0.15) is 0 Å². The van der Waals surface area contributed by atoms with Crippen molar-refractivity contribution in [3.8, 4) is 0 Å². The van der Waals surface area contributed by atoms with E-state index < -0.39 is 0 Å². The zero-order chi connectivity index (χ0) is 21.5. The van der Waals surface area contributed by atoms with E-state index in [4.69, 9.17) is 9.47 Å². The molecule has 0 spiro atoms. The number of nitrogens with zero attached hydrogens (tertiary/aromatic N) is 3. The fourth-order valence-electron chi connectivity index (χ4n) is 4.44. The Morgan fingerprint density at radius 1 is 1.13 bits per heavy atom. The minimum Gasteiger partial charge on any atom is -0.469 e. The van der Waals surface area contributed by atoms with Crippen LogP contribution in [0.4, 0.5) is 0 Å². The number of benzene rings is 1. The third-order valence-electron chi connectivity index (χ3n) is 5.92. The first kappa shape index (κ1) is 25.9. The maximum absolute atomic E-state index is 11.7. The molecule has 1 N–H and O–H groups in total. The van der Waals surface area contributed by atoms with E-state index >= 15 is 0 Å². The fraction of sp³-hybridized carbons (Fsp3) is 0.652. The smallest absolute Gasteiger partial charge is 0.308 e. The van der Waals surface area contributed by atoms with Crippen molar-refractivity contribution in [3.05, 3.63) is 35.4 Å². The van der Waals surface area contributed by atoms with Crippen molar-refractivity contribution in [1.82, 2.24) is 15.1 Å². The molecule has 31 heavy (non-hydrogen) atoms. The van der Waals surface area contributed by atoms with E-state index in [1.807, 2.05) is 7.05 Å². The molecule has 0 bridgehead atoms. The van der Waals surface area contributed by atoms with E-state index in [0.29, 0.717) is 12.2 Å². The summed E-state index contributed by atoms with van der Waals surface area (Å²) in [4.78, 5) is 20.8. The number of nitrogens with one attached hydrogen (secondary N) is 1. The summed E-state index contributed by atoms with van der Waals surface area (Å²) in [7, 11) is 3.27. The number of morpholine rings is 1. The van der Waals surface area contributed by atoms with E-state index in [9.17, 15) is 4.79 Å². The fourth-order valence-corrected chi connectivity index (χ4v) is 4.44. The average molecular weight is 544 g/mol. The van der Waals surface area contributed by atoms with Gasteiger partial charge in [0.15, 0.2) is 5.96 Å². The summed E-state index contributed by atoms with van der Waals surface area (Å²) in [5.41, 5.74) is 2.56. The van der Waals surface area contributed by atoms with Crippen LogP contribution in [0.1, 0.15) is 37.8 Å². The highest BCUT2D eigenvalue weighted by atomic mass is 127. The molecule has 0 aromatic heterocycles. The number of rotatable bonds is 5. The predicted octanol–water partition coefficient (Wildman–Crippen LogP) is 2.87. The highest BCUT2D eigenvalue weighted by Crippen LogP contribution is 2.19.